The van der Waals surface area contributed by atoms with Gasteiger partial charge in [-0.05, 0) is 48.7 Å². The van der Waals surface area contributed by atoms with Gasteiger partial charge in [-0.25, -0.2) is 8.42 Å². The van der Waals surface area contributed by atoms with Gasteiger partial charge in [0, 0.05) is 24.0 Å². The van der Waals surface area contributed by atoms with Crippen molar-refractivity contribution >= 4 is 73.9 Å². The van der Waals surface area contributed by atoms with Crippen LogP contribution < -0.4 is 9.62 Å². The van der Waals surface area contributed by atoms with Gasteiger partial charge in [0.25, 0.3) is 0 Å². The number of amides is 2. The van der Waals surface area contributed by atoms with Crippen LogP contribution in [0.15, 0.2) is 66.7 Å². The first-order chi connectivity index (χ1) is 19.3. The summed E-state index contributed by atoms with van der Waals surface area (Å²) >= 11 is 24.7. The fraction of sp³-hybridized carbons (Fsp3) is 0.310. The summed E-state index contributed by atoms with van der Waals surface area (Å²) in [4.78, 5) is 29.2. The van der Waals surface area contributed by atoms with E-state index >= 15 is 0 Å². The molecule has 41 heavy (non-hydrogen) atoms. The molecule has 0 unspecified atom stereocenters. The van der Waals surface area contributed by atoms with E-state index < -0.39 is 28.5 Å². The van der Waals surface area contributed by atoms with Gasteiger partial charge in [0.15, 0.2) is 0 Å². The number of halogens is 4. The highest BCUT2D eigenvalue weighted by molar-refractivity contribution is 7.92. The number of nitrogens with zero attached hydrogens (tertiary/aromatic N) is 2. The molecule has 2 atom stereocenters. The van der Waals surface area contributed by atoms with Crippen LogP contribution in [-0.2, 0) is 32.6 Å². The summed E-state index contributed by atoms with van der Waals surface area (Å²) in [6.07, 6.45) is 1.85. The molecule has 0 radical (unpaired) electrons. The average Bonchev–Trinajstić information content (AvgIpc) is 2.92. The van der Waals surface area contributed by atoms with Crippen LogP contribution >= 0.6 is 46.4 Å². The van der Waals surface area contributed by atoms with Crippen molar-refractivity contribution < 1.29 is 18.0 Å². The maximum absolute atomic E-state index is 14.1. The molecule has 0 aromatic heterocycles. The molecule has 3 rings (SSSR count). The van der Waals surface area contributed by atoms with Crippen LogP contribution in [0.2, 0.25) is 20.1 Å². The normalized spacial score (nSPS) is 12.9. The number of carbonyl (C=O) groups excluding carboxylic acids is 2. The molecular weight excluding hydrogens is 628 g/mol. The van der Waals surface area contributed by atoms with E-state index in [1.54, 1.807) is 24.3 Å². The van der Waals surface area contributed by atoms with Gasteiger partial charge in [0.1, 0.15) is 12.6 Å². The number of hydrogen-bond acceptors (Lipinski definition) is 4. The molecule has 12 heteroatoms. The molecule has 1 N–H and O–H groups in total. The monoisotopic (exact) mass is 657 g/mol. The Morgan fingerprint density at radius 3 is 2.07 bits per heavy atom. The Hall–Kier alpha value is -2.49. The molecule has 0 aliphatic rings. The lowest BCUT2D eigenvalue weighted by Gasteiger charge is -2.34. The number of sulfonamides is 1. The smallest absolute Gasteiger partial charge is 0.244 e. The molecule has 220 valence electrons. The number of nitrogens with one attached hydrogen (secondary N) is 1. The fourth-order valence-corrected chi connectivity index (χ4v) is 5.75. The summed E-state index contributed by atoms with van der Waals surface area (Å²) in [6, 6.07) is 17.7. The molecule has 3 aromatic carbocycles. The summed E-state index contributed by atoms with van der Waals surface area (Å²) in [7, 11) is -4.02. The lowest BCUT2D eigenvalue weighted by Crippen LogP contribution is -2.54. The van der Waals surface area contributed by atoms with Crippen molar-refractivity contribution in [1.29, 1.82) is 0 Å². The minimum Gasteiger partial charge on any atom is -0.352 e. The van der Waals surface area contributed by atoms with E-state index in [0.717, 1.165) is 16.1 Å². The third kappa shape index (κ3) is 9.25. The third-order valence-electron chi connectivity index (χ3n) is 6.48. The first-order valence-corrected chi connectivity index (χ1v) is 16.2. The Kier molecular flexibility index (Phi) is 11.8. The van der Waals surface area contributed by atoms with E-state index in [2.05, 4.69) is 5.32 Å². The predicted molar refractivity (Wildman–Crippen MR) is 167 cm³/mol. The van der Waals surface area contributed by atoms with E-state index in [0.29, 0.717) is 17.0 Å². The second-order valence-corrected chi connectivity index (χ2v) is 13.2. The van der Waals surface area contributed by atoms with E-state index in [-0.39, 0.29) is 45.7 Å². The fourth-order valence-electron chi connectivity index (χ4n) is 4.08. The van der Waals surface area contributed by atoms with Gasteiger partial charge < -0.3 is 10.2 Å². The molecule has 0 fully saturated rings. The minimum absolute atomic E-state index is 0.00257. The lowest BCUT2D eigenvalue weighted by atomic mass is 10.0. The highest BCUT2D eigenvalue weighted by atomic mass is 35.5. The maximum Gasteiger partial charge on any atom is 0.244 e. The van der Waals surface area contributed by atoms with Gasteiger partial charge in [0.2, 0.25) is 21.8 Å². The van der Waals surface area contributed by atoms with Crippen LogP contribution in [0.3, 0.4) is 0 Å². The quantitative estimate of drug-likeness (QED) is 0.222. The predicted octanol–water partition coefficient (Wildman–Crippen LogP) is 6.62. The summed E-state index contributed by atoms with van der Waals surface area (Å²) in [5.74, 6) is -0.975. The van der Waals surface area contributed by atoms with E-state index in [1.807, 2.05) is 44.2 Å². The van der Waals surface area contributed by atoms with Crippen molar-refractivity contribution in [1.82, 2.24) is 10.2 Å². The zero-order chi connectivity index (χ0) is 30.3. The molecule has 2 amide bonds. The van der Waals surface area contributed by atoms with Gasteiger partial charge in [-0.2, -0.15) is 0 Å². The van der Waals surface area contributed by atoms with Crippen LogP contribution in [0, 0.1) is 0 Å². The summed E-state index contributed by atoms with van der Waals surface area (Å²) in [6.45, 7) is 3.21. The van der Waals surface area contributed by atoms with Gasteiger partial charge in [-0.15, -0.1) is 0 Å². The zero-order valence-electron chi connectivity index (χ0n) is 22.8. The topological polar surface area (TPSA) is 86.8 Å². The van der Waals surface area contributed by atoms with Crippen molar-refractivity contribution in [3.8, 4) is 0 Å². The number of anilines is 1. The molecule has 0 aliphatic heterocycles. The van der Waals surface area contributed by atoms with E-state index in [9.17, 15) is 18.0 Å². The number of rotatable bonds is 12. The van der Waals surface area contributed by atoms with Crippen molar-refractivity contribution in [2.45, 2.75) is 45.3 Å². The van der Waals surface area contributed by atoms with Crippen molar-refractivity contribution in [3.63, 3.8) is 0 Å². The average molecular weight is 659 g/mol. The highest BCUT2D eigenvalue weighted by Crippen LogP contribution is 2.35. The first kappa shape index (κ1) is 33.0. The Bertz CT molecular complexity index is 1470. The van der Waals surface area contributed by atoms with Crippen molar-refractivity contribution in [2.75, 3.05) is 17.1 Å². The summed E-state index contributed by atoms with van der Waals surface area (Å²) in [5, 5.41) is 3.69. The molecule has 3 aromatic rings. The maximum atomic E-state index is 14.1. The number of benzene rings is 3. The van der Waals surface area contributed by atoms with E-state index in [1.165, 1.54) is 17.0 Å². The van der Waals surface area contributed by atoms with Gasteiger partial charge >= 0.3 is 0 Å². The number of hydrogen-bond donors (Lipinski definition) is 1. The Labute approximate surface area is 261 Å². The van der Waals surface area contributed by atoms with Crippen molar-refractivity contribution in [3.05, 3.63) is 97.9 Å². The molecule has 7 nitrogen and oxygen atoms in total. The Balaban J connectivity index is 2.09. The van der Waals surface area contributed by atoms with Crippen LogP contribution in [-0.4, -0.2) is 50.0 Å². The van der Waals surface area contributed by atoms with Gasteiger partial charge in [-0.3, -0.25) is 13.9 Å². The second kappa shape index (κ2) is 14.6. The standard InChI is InChI=1S/C29H31Cl4N3O4S/c1-4-19(2)34-29(38)27(14-20-8-6-5-7-9-20)35(17-21-10-12-22(30)13-11-21)28(37)18-36(41(3,39)40)26-16-24(32)23(31)15-25(26)33/h5-13,15-16,19,27H,4,14,17-18H2,1-3H3,(H,34,38)/t19-,27+/m0/s1. The number of carbonyl (C=O) groups is 2. The lowest BCUT2D eigenvalue weighted by molar-refractivity contribution is -0.140. The van der Waals surface area contributed by atoms with E-state index in [4.69, 9.17) is 46.4 Å². The van der Waals surface area contributed by atoms with Crippen LogP contribution in [0.4, 0.5) is 5.69 Å². The molecular formula is C29H31Cl4N3O4S. The van der Waals surface area contributed by atoms with Crippen LogP contribution in [0.1, 0.15) is 31.4 Å². The van der Waals surface area contributed by atoms with Crippen molar-refractivity contribution in [2.24, 2.45) is 0 Å². The highest BCUT2D eigenvalue weighted by Gasteiger charge is 2.34. The zero-order valence-corrected chi connectivity index (χ0v) is 26.6. The molecule has 0 saturated heterocycles. The Morgan fingerprint density at radius 2 is 1.49 bits per heavy atom. The minimum atomic E-state index is -4.02. The largest absolute Gasteiger partial charge is 0.352 e. The molecule has 0 saturated carbocycles. The SMILES string of the molecule is CC[C@H](C)NC(=O)[C@@H](Cc1ccccc1)N(Cc1ccc(Cl)cc1)C(=O)CN(c1cc(Cl)c(Cl)cc1Cl)S(C)(=O)=O. The first-order valence-electron chi connectivity index (χ1n) is 12.8. The molecule has 0 aliphatic carbocycles. The van der Waals surface area contributed by atoms with Crippen LogP contribution in [0.25, 0.3) is 0 Å². The molecule has 0 spiro atoms. The summed E-state index contributed by atoms with van der Waals surface area (Å²) < 4.78 is 26.7. The molecule has 0 bridgehead atoms. The second-order valence-electron chi connectivity index (χ2n) is 9.66. The molecule has 0 heterocycles. The Morgan fingerprint density at radius 1 is 0.878 bits per heavy atom. The summed E-state index contributed by atoms with van der Waals surface area (Å²) in [5.41, 5.74) is 1.53. The van der Waals surface area contributed by atoms with Crippen LogP contribution in [0.5, 0.6) is 0 Å². The van der Waals surface area contributed by atoms with Gasteiger partial charge in [-0.1, -0.05) is 95.8 Å². The van der Waals surface area contributed by atoms with Gasteiger partial charge in [0.05, 0.1) is 27.0 Å². The third-order valence-corrected chi connectivity index (χ3v) is 8.88.